The Morgan fingerprint density at radius 3 is 2.80 bits per heavy atom. The maximum atomic E-state index is 13.3. The number of aryl methyl sites for hydroxylation is 1. The third kappa shape index (κ3) is 3.22. The Morgan fingerprint density at radius 1 is 1.36 bits per heavy atom. The van der Waals surface area contributed by atoms with E-state index in [1.54, 1.807) is 0 Å². The molecule has 0 spiro atoms. The summed E-state index contributed by atoms with van der Waals surface area (Å²) in [5.41, 5.74) is 2.40. The number of rotatable bonds is 4. The van der Waals surface area contributed by atoms with Crippen LogP contribution in [0.3, 0.4) is 0 Å². The first kappa shape index (κ1) is 16.4. The van der Waals surface area contributed by atoms with Crippen LogP contribution in [0.5, 0.6) is 0 Å². The maximum absolute atomic E-state index is 13.3. The fourth-order valence-corrected chi connectivity index (χ4v) is 3.46. The minimum absolute atomic E-state index is 0.0457. The zero-order valence-corrected chi connectivity index (χ0v) is 14.1. The lowest BCUT2D eigenvalue weighted by Gasteiger charge is -2.28. The predicted molar refractivity (Wildman–Crippen MR) is 89.8 cm³/mol. The Kier molecular flexibility index (Phi) is 3.94. The molecule has 1 aliphatic carbocycles. The van der Waals surface area contributed by atoms with Crippen molar-refractivity contribution in [2.75, 3.05) is 25.0 Å². The number of nitrogens with one attached hydrogen (secondary N) is 1. The van der Waals surface area contributed by atoms with Gasteiger partial charge in [0.05, 0.1) is 13.1 Å². The molecule has 8 heteroatoms. The minimum atomic E-state index is -2.69. The van der Waals surface area contributed by atoms with Crippen LogP contribution in [0.1, 0.15) is 37.4 Å². The van der Waals surface area contributed by atoms with Gasteiger partial charge in [-0.05, 0) is 38.3 Å². The van der Waals surface area contributed by atoms with Crippen LogP contribution in [0, 0.1) is 6.92 Å². The van der Waals surface area contributed by atoms with Crippen molar-refractivity contribution in [2.24, 2.45) is 0 Å². The van der Waals surface area contributed by atoms with E-state index in [2.05, 4.69) is 15.3 Å². The van der Waals surface area contributed by atoms with E-state index in [1.165, 1.54) is 4.90 Å². The van der Waals surface area contributed by atoms with Crippen molar-refractivity contribution >= 4 is 23.0 Å². The van der Waals surface area contributed by atoms with E-state index in [9.17, 15) is 13.6 Å². The highest BCUT2D eigenvalue weighted by molar-refractivity contribution is 5.92. The molecule has 1 amide bonds. The molecule has 2 fully saturated rings. The number of fused-ring (bicyclic) bond motifs is 1. The summed E-state index contributed by atoms with van der Waals surface area (Å²) < 4.78 is 28.5. The summed E-state index contributed by atoms with van der Waals surface area (Å²) in [6.07, 6.45) is 3.01. The molecular formula is C17H21F2N5O. The van der Waals surface area contributed by atoms with Crippen LogP contribution in [0.25, 0.3) is 11.2 Å². The molecule has 1 aliphatic heterocycles. The second-order valence-electron chi connectivity index (χ2n) is 7.05. The van der Waals surface area contributed by atoms with E-state index < -0.39 is 5.92 Å². The van der Waals surface area contributed by atoms with Crippen molar-refractivity contribution in [1.29, 1.82) is 0 Å². The number of pyridine rings is 1. The van der Waals surface area contributed by atoms with Crippen LogP contribution >= 0.6 is 0 Å². The molecule has 134 valence electrons. The van der Waals surface area contributed by atoms with E-state index >= 15 is 0 Å². The number of carbonyl (C=O) groups is 1. The molecule has 6 nitrogen and oxygen atoms in total. The summed E-state index contributed by atoms with van der Waals surface area (Å²) in [5, 5.41) is 2.81. The van der Waals surface area contributed by atoms with Gasteiger partial charge in [-0.15, -0.1) is 0 Å². The van der Waals surface area contributed by atoms with Gasteiger partial charge in [0.25, 0.3) is 5.92 Å². The molecule has 0 radical (unpaired) electrons. The number of halogens is 2. The molecule has 3 heterocycles. The van der Waals surface area contributed by atoms with Crippen molar-refractivity contribution < 1.29 is 13.6 Å². The Labute approximate surface area is 144 Å². The number of nitrogens with zero attached hydrogens (tertiary/aromatic N) is 4. The topological polar surface area (TPSA) is 63.1 Å². The average molecular weight is 349 g/mol. The van der Waals surface area contributed by atoms with Gasteiger partial charge in [-0.2, -0.15) is 0 Å². The largest absolute Gasteiger partial charge is 0.295 e. The van der Waals surface area contributed by atoms with E-state index in [1.807, 2.05) is 23.6 Å². The molecule has 4 rings (SSSR count). The second-order valence-corrected chi connectivity index (χ2v) is 7.05. The Hall–Kier alpha value is -2.09. The number of hydrogen-bond acceptors (Lipinski definition) is 4. The summed E-state index contributed by atoms with van der Waals surface area (Å²) in [7, 11) is 0. The summed E-state index contributed by atoms with van der Waals surface area (Å²) in [6.45, 7) is 1.75. The quantitative estimate of drug-likeness (QED) is 0.922. The van der Waals surface area contributed by atoms with Crippen LogP contribution in [-0.4, -0.2) is 50.9 Å². The number of hydrogen-bond donors (Lipinski definition) is 1. The molecule has 2 aromatic heterocycles. The number of alkyl halides is 2. The van der Waals surface area contributed by atoms with Gasteiger partial charge < -0.3 is 0 Å². The summed E-state index contributed by atoms with van der Waals surface area (Å²) in [5.74, 6) is -2.54. The first-order valence-corrected chi connectivity index (χ1v) is 8.67. The summed E-state index contributed by atoms with van der Waals surface area (Å²) in [4.78, 5) is 22.9. The van der Waals surface area contributed by atoms with Gasteiger partial charge in [0, 0.05) is 24.7 Å². The van der Waals surface area contributed by atoms with E-state index in [4.69, 9.17) is 0 Å². The lowest BCUT2D eigenvalue weighted by molar-refractivity contribution is -0.117. The lowest BCUT2D eigenvalue weighted by Crippen LogP contribution is -2.34. The fourth-order valence-electron chi connectivity index (χ4n) is 3.46. The number of amides is 1. The summed E-state index contributed by atoms with van der Waals surface area (Å²) >= 11 is 0. The van der Waals surface area contributed by atoms with Gasteiger partial charge in [-0.3, -0.25) is 19.6 Å². The fraction of sp³-hybridized carbons (Fsp3) is 0.588. The highest BCUT2D eigenvalue weighted by Gasteiger charge is 2.38. The molecule has 0 aromatic carbocycles. The third-order valence-corrected chi connectivity index (χ3v) is 4.98. The second kappa shape index (κ2) is 6.01. The molecule has 1 N–H and O–H groups in total. The van der Waals surface area contributed by atoms with E-state index in [-0.39, 0.29) is 38.0 Å². The zero-order chi connectivity index (χ0) is 17.6. The predicted octanol–water partition coefficient (Wildman–Crippen LogP) is 2.74. The number of likely N-dealkylation sites (tertiary alicyclic amines) is 1. The summed E-state index contributed by atoms with van der Waals surface area (Å²) in [6, 6.07) is 4.06. The van der Waals surface area contributed by atoms with Gasteiger partial charge in [-0.25, -0.2) is 18.7 Å². The highest BCUT2D eigenvalue weighted by Crippen LogP contribution is 2.36. The molecule has 0 atom stereocenters. The van der Waals surface area contributed by atoms with Crippen LogP contribution in [0.4, 0.5) is 14.7 Å². The Bertz CT molecular complexity index is 815. The monoisotopic (exact) mass is 349 g/mol. The van der Waals surface area contributed by atoms with Crippen molar-refractivity contribution in [3.63, 3.8) is 0 Å². The highest BCUT2D eigenvalue weighted by atomic mass is 19.3. The van der Waals surface area contributed by atoms with Gasteiger partial charge >= 0.3 is 0 Å². The number of carbonyl (C=O) groups excluding carboxylic acids is 1. The number of aromatic nitrogens is 3. The van der Waals surface area contributed by atoms with Gasteiger partial charge in [0.2, 0.25) is 11.9 Å². The molecule has 1 saturated heterocycles. The standard InChI is InChI=1S/C17H21F2N5O/c1-11-5-6-13-15(20-11)24(12-3-2-4-12)16(21-13)22-14(25)9-23-8-7-17(18,19)10-23/h5-6,12H,2-4,7-10H2,1H3,(H,21,22,25). The SMILES string of the molecule is Cc1ccc2nc(NC(=O)CN3CCC(F)(F)C3)n(C3CCC3)c2n1. The smallest absolute Gasteiger partial charge is 0.261 e. The van der Waals surface area contributed by atoms with Crippen molar-refractivity contribution in [3.8, 4) is 0 Å². The molecule has 1 saturated carbocycles. The maximum Gasteiger partial charge on any atom is 0.261 e. The van der Waals surface area contributed by atoms with Gasteiger partial charge in [-0.1, -0.05) is 0 Å². The normalized spacial score (nSPS) is 20.8. The van der Waals surface area contributed by atoms with Crippen LogP contribution < -0.4 is 5.32 Å². The molecule has 0 unspecified atom stereocenters. The van der Waals surface area contributed by atoms with E-state index in [0.29, 0.717) is 5.95 Å². The number of imidazole rings is 1. The van der Waals surface area contributed by atoms with Crippen molar-refractivity contribution in [1.82, 2.24) is 19.4 Å². The third-order valence-electron chi connectivity index (χ3n) is 4.98. The Morgan fingerprint density at radius 2 is 2.16 bits per heavy atom. The van der Waals surface area contributed by atoms with Gasteiger partial charge in [0.1, 0.15) is 5.52 Å². The lowest BCUT2D eigenvalue weighted by atomic mass is 9.93. The molecule has 2 aromatic rings. The first-order valence-electron chi connectivity index (χ1n) is 8.67. The Balaban J connectivity index is 1.55. The molecule has 2 aliphatic rings. The van der Waals surface area contributed by atoms with Crippen molar-refractivity contribution in [3.05, 3.63) is 17.8 Å². The van der Waals surface area contributed by atoms with Crippen LogP contribution in [-0.2, 0) is 4.79 Å². The van der Waals surface area contributed by atoms with Gasteiger partial charge in [0.15, 0.2) is 5.65 Å². The van der Waals surface area contributed by atoms with E-state index in [0.717, 1.165) is 36.1 Å². The van der Waals surface area contributed by atoms with Crippen LogP contribution in [0.15, 0.2) is 12.1 Å². The van der Waals surface area contributed by atoms with Crippen molar-refractivity contribution in [2.45, 2.75) is 44.6 Å². The average Bonchev–Trinajstić information content (AvgIpc) is 2.98. The zero-order valence-electron chi connectivity index (χ0n) is 14.1. The number of anilines is 1. The molecule has 0 bridgehead atoms. The molecular weight excluding hydrogens is 328 g/mol. The molecule has 25 heavy (non-hydrogen) atoms. The van der Waals surface area contributed by atoms with Crippen LogP contribution in [0.2, 0.25) is 0 Å². The first-order chi connectivity index (χ1) is 11.9. The minimum Gasteiger partial charge on any atom is -0.295 e.